The zero-order chi connectivity index (χ0) is 13.8. The van der Waals surface area contributed by atoms with Crippen LogP contribution in [-0.4, -0.2) is 78.4 Å². The topological polar surface area (TPSA) is 69.9 Å². The molecule has 1 atom stereocenters. The van der Waals surface area contributed by atoms with Crippen molar-refractivity contribution >= 4 is 11.8 Å². The summed E-state index contributed by atoms with van der Waals surface area (Å²) in [7, 11) is 0. The molecule has 0 bridgehead atoms. The summed E-state index contributed by atoms with van der Waals surface area (Å²) in [6.45, 7) is 6.43. The third-order valence-corrected chi connectivity index (χ3v) is 3.98. The van der Waals surface area contributed by atoms with Crippen LogP contribution in [0.3, 0.4) is 0 Å². The van der Waals surface area contributed by atoms with Crippen LogP contribution in [-0.2, 0) is 9.59 Å². The van der Waals surface area contributed by atoms with E-state index in [4.69, 9.17) is 5.73 Å². The Morgan fingerprint density at radius 3 is 2.32 bits per heavy atom. The number of hydrogen-bond acceptors (Lipinski definition) is 4. The molecule has 2 aliphatic rings. The predicted molar refractivity (Wildman–Crippen MR) is 72.5 cm³/mol. The van der Waals surface area contributed by atoms with Gasteiger partial charge in [0.05, 0.1) is 6.54 Å². The Balaban J connectivity index is 1.76. The van der Waals surface area contributed by atoms with Gasteiger partial charge in [-0.1, -0.05) is 0 Å². The molecule has 0 saturated carbocycles. The van der Waals surface area contributed by atoms with Crippen molar-refractivity contribution in [3.63, 3.8) is 0 Å². The Morgan fingerprint density at radius 1 is 1.11 bits per heavy atom. The maximum atomic E-state index is 12.2. The van der Waals surface area contributed by atoms with E-state index < -0.39 is 0 Å². The average molecular weight is 268 g/mol. The molecular formula is C13H24N4O2. The van der Waals surface area contributed by atoms with E-state index in [2.05, 4.69) is 4.90 Å². The summed E-state index contributed by atoms with van der Waals surface area (Å²) in [6.07, 6.45) is 2.13. The molecule has 6 heteroatoms. The van der Waals surface area contributed by atoms with E-state index in [1.54, 1.807) is 11.8 Å². The molecule has 0 unspecified atom stereocenters. The lowest BCUT2D eigenvalue weighted by Crippen LogP contribution is -2.53. The molecule has 0 aromatic carbocycles. The summed E-state index contributed by atoms with van der Waals surface area (Å²) in [5.74, 6) is 0.256. The Morgan fingerprint density at radius 2 is 1.74 bits per heavy atom. The second-order valence-corrected chi connectivity index (χ2v) is 5.52. The van der Waals surface area contributed by atoms with Gasteiger partial charge in [0.25, 0.3) is 0 Å². The van der Waals surface area contributed by atoms with E-state index in [-0.39, 0.29) is 17.9 Å². The van der Waals surface area contributed by atoms with Crippen molar-refractivity contribution in [3.05, 3.63) is 0 Å². The van der Waals surface area contributed by atoms with E-state index >= 15 is 0 Å². The molecule has 19 heavy (non-hydrogen) atoms. The molecule has 2 aliphatic heterocycles. The Hall–Kier alpha value is -1.14. The van der Waals surface area contributed by atoms with Crippen molar-refractivity contribution in [2.24, 2.45) is 5.73 Å². The summed E-state index contributed by atoms with van der Waals surface area (Å²) in [6, 6.07) is 0.205. The van der Waals surface area contributed by atoms with Gasteiger partial charge in [-0.05, 0) is 19.4 Å². The first-order valence-corrected chi connectivity index (χ1v) is 7.07. The molecular weight excluding hydrogens is 244 g/mol. The minimum atomic E-state index is 0.0918. The van der Waals surface area contributed by atoms with Crippen molar-refractivity contribution in [1.82, 2.24) is 14.7 Å². The van der Waals surface area contributed by atoms with Gasteiger partial charge >= 0.3 is 0 Å². The van der Waals surface area contributed by atoms with Crippen molar-refractivity contribution in [2.45, 2.75) is 25.8 Å². The number of hydrogen-bond donors (Lipinski definition) is 1. The van der Waals surface area contributed by atoms with Gasteiger partial charge in [0.15, 0.2) is 0 Å². The first kappa shape index (κ1) is 14.3. The second kappa shape index (κ2) is 6.34. The van der Waals surface area contributed by atoms with Crippen LogP contribution < -0.4 is 5.73 Å². The van der Waals surface area contributed by atoms with Crippen LogP contribution in [0.25, 0.3) is 0 Å². The van der Waals surface area contributed by atoms with Crippen molar-refractivity contribution in [2.75, 3.05) is 45.8 Å². The second-order valence-electron chi connectivity index (χ2n) is 5.52. The quantitative estimate of drug-likeness (QED) is 0.705. The average Bonchev–Trinajstić information content (AvgIpc) is 2.39. The lowest BCUT2D eigenvalue weighted by atomic mass is 10.1. The molecule has 0 spiro atoms. The van der Waals surface area contributed by atoms with Gasteiger partial charge in [0, 0.05) is 45.7 Å². The van der Waals surface area contributed by atoms with Crippen molar-refractivity contribution in [1.29, 1.82) is 0 Å². The zero-order valence-electron chi connectivity index (χ0n) is 11.7. The number of piperidine rings is 1. The molecule has 0 aliphatic carbocycles. The molecule has 2 N–H and O–H groups in total. The number of likely N-dealkylation sites (tertiary alicyclic amines) is 1. The van der Waals surface area contributed by atoms with E-state index in [1.165, 1.54) is 0 Å². The highest BCUT2D eigenvalue weighted by atomic mass is 16.2. The van der Waals surface area contributed by atoms with E-state index in [0.29, 0.717) is 32.7 Å². The lowest BCUT2D eigenvalue weighted by molar-refractivity contribution is -0.139. The Labute approximate surface area is 114 Å². The van der Waals surface area contributed by atoms with Crippen LogP contribution >= 0.6 is 0 Å². The van der Waals surface area contributed by atoms with Gasteiger partial charge in [-0.2, -0.15) is 0 Å². The van der Waals surface area contributed by atoms with Crippen LogP contribution in [0.5, 0.6) is 0 Å². The van der Waals surface area contributed by atoms with Crippen LogP contribution in [0, 0.1) is 0 Å². The number of piperazine rings is 1. The van der Waals surface area contributed by atoms with Gasteiger partial charge in [0.1, 0.15) is 0 Å². The largest absolute Gasteiger partial charge is 0.339 e. The molecule has 2 saturated heterocycles. The summed E-state index contributed by atoms with van der Waals surface area (Å²) < 4.78 is 0. The van der Waals surface area contributed by atoms with E-state index in [0.717, 1.165) is 25.9 Å². The van der Waals surface area contributed by atoms with Crippen LogP contribution in [0.15, 0.2) is 0 Å². The number of rotatable bonds is 2. The minimum Gasteiger partial charge on any atom is -0.339 e. The third-order valence-electron chi connectivity index (χ3n) is 3.98. The number of amides is 2. The highest BCUT2D eigenvalue weighted by Gasteiger charge is 2.25. The predicted octanol–water partition coefficient (Wildman–Crippen LogP) is -0.900. The van der Waals surface area contributed by atoms with Gasteiger partial charge in [0.2, 0.25) is 11.8 Å². The normalized spacial score (nSPS) is 25.5. The highest BCUT2D eigenvalue weighted by molar-refractivity contribution is 5.79. The molecule has 0 aromatic rings. The Bertz CT molecular complexity index is 340. The lowest BCUT2D eigenvalue weighted by Gasteiger charge is -2.36. The van der Waals surface area contributed by atoms with Crippen LogP contribution in [0.1, 0.15) is 19.8 Å². The summed E-state index contributed by atoms with van der Waals surface area (Å²) in [5, 5.41) is 0. The summed E-state index contributed by atoms with van der Waals surface area (Å²) >= 11 is 0. The minimum absolute atomic E-state index is 0.0918. The fourth-order valence-electron chi connectivity index (χ4n) is 2.80. The Kier molecular flexibility index (Phi) is 4.76. The monoisotopic (exact) mass is 268 g/mol. The molecule has 0 aromatic heterocycles. The number of nitrogens with zero attached hydrogens (tertiary/aromatic N) is 3. The number of nitrogens with two attached hydrogens (primary N) is 1. The molecule has 2 amide bonds. The van der Waals surface area contributed by atoms with E-state index in [1.807, 2.05) is 4.90 Å². The number of carbonyl (C=O) groups excluding carboxylic acids is 2. The molecule has 108 valence electrons. The SMILES string of the molecule is CC(=O)N1CCN(C(=O)CN2CCC[C@@H](N)C2)CC1. The number of carbonyl (C=O) groups is 2. The first-order valence-electron chi connectivity index (χ1n) is 7.07. The van der Waals surface area contributed by atoms with Gasteiger partial charge < -0.3 is 15.5 Å². The zero-order valence-corrected chi connectivity index (χ0v) is 11.7. The van der Waals surface area contributed by atoms with Crippen molar-refractivity contribution < 1.29 is 9.59 Å². The maximum Gasteiger partial charge on any atom is 0.236 e. The fraction of sp³-hybridized carbons (Fsp3) is 0.846. The molecule has 6 nitrogen and oxygen atoms in total. The summed E-state index contributed by atoms with van der Waals surface area (Å²) in [4.78, 5) is 29.2. The van der Waals surface area contributed by atoms with Crippen LogP contribution in [0.4, 0.5) is 0 Å². The van der Waals surface area contributed by atoms with Crippen LogP contribution in [0.2, 0.25) is 0 Å². The third kappa shape index (κ3) is 3.91. The van der Waals surface area contributed by atoms with Gasteiger partial charge in [-0.25, -0.2) is 0 Å². The van der Waals surface area contributed by atoms with Gasteiger partial charge in [-0.3, -0.25) is 14.5 Å². The molecule has 2 heterocycles. The molecule has 0 radical (unpaired) electrons. The van der Waals surface area contributed by atoms with E-state index in [9.17, 15) is 9.59 Å². The fourth-order valence-corrected chi connectivity index (χ4v) is 2.80. The van der Waals surface area contributed by atoms with Gasteiger partial charge in [-0.15, -0.1) is 0 Å². The van der Waals surface area contributed by atoms with Crippen molar-refractivity contribution in [3.8, 4) is 0 Å². The summed E-state index contributed by atoms with van der Waals surface area (Å²) in [5.41, 5.74) is 5.92. The maximum absolute atomic E-state index is 12.2. The highest BCUT2D eigenvalue weighted by Crippen LogP contribution is 2.09. The smallest absolute Gasteiger partial charge is 0.236 e. The molecule has 2 rings (SSSR count). The first-order chi connectivity index (χ1) is 9.06. The molecule has 2 fully saturated rings. The standard InChI is InChI=1S/C13H24N4O2/c1-11(18)16-5-7-17(8-6-16)13(19)10-15-4-2-3-12(14)9-15/h12H,2-10,14H2,1H3/t12-/m1/s1.